The van der Waals surface area contributed by atoms with Gasteiger partial charge in [-0.05, 0) is 62.4 Å². The van der Waals surface area contributed by atoms with Gasteiger partial charge >= 0.3 is 5.97 Å². The molecule has 0 saturated carbocycles. The molecule has 1 saturated heterocycles. The second-order valence-electron chi connectivity index (χ2n) is 9.76. The van der Waals surface area contributed by atoms with Gasteiger partial charge in [-0.2, -0.15) is 0 Å². The van der Waals surface area contributed by atoms with Crippen molar-refractivity contribution in [1.29, 1.82) is 0 Å². The molecule has 1 aliphatic heterocycles. The fraction of sp³-hybridized carbons (Fsp3) is 0.333. The van der Waals surface area contributed by atoms with E-state index < -0.39 is 11.6 Å². The molecule has 1 aliphatic rings. The Morgan fingerprint density at radius 1 is 0.944 bits per heavy atom. The number of nitrogens with zero attached hydrogens (tertiary/aromatic N) is 1. The number of hydrogen-bond donors (Lipinski definition) is 2. The van der Waals surface area contributed by atoms with E-state index in [-0.39, 0.29) is 18.4 Å². The molecule has 0 aliphatic carbocycles. The predicted octanol–water partition coefficient (Wildman–Crippen LogP) is 5.37. The summed E-state index contributed by atoms with van der Waals surface area (Å²) in [7, 11) is 0. The van der Waals surface area contributed by atoms with Crippen LogP contribution in [0.3, 0.4) is 0 Å². The molecule has 3 aromatic rings. The number of para-hydroxylation sites is 1. The summed E-state index contributed by atoms with van der Waals surface area (Å²) in [6, 6.07) is 25.1. The summed E-state index contributed by atoms with van der Waals surface area (Å²) in [5.74, 6) is -0.751. The first-order valence-corrected chi connectivity index (χ1v) is 12.5. The topological polar surface area (TPSA) is 78.9 Å². The molecule has 1 atom stereocenters. The summed E-state index contributed by atoms with van der Waals surface area (Å²) in [6.07, 6.45) is 3.76. The van der Waals surface area contributed by atoms with Gasteiger partial charge in [0.1, 0.15) is 5.75 Å². The first-order chi connectivity index (χ1) is 17.3. The minimum atomic E-state index is -1.36. The van der Waals surface area contributed by atoms with Gasteiger partial charge in [0, 0.05) is 24.3 Å². The number of amides is 1. The maximum Gasteiger partial charge on any atom is 0.347 e. The van der Waals surface area contributed by atoms with Gasteiger partial charge in [0.05, 0.1) is 12.5 Å². The molecule has 1 amide bonds. The number of carbonyl (C=O) groups excluding carboxylic acids is 1. The Kier molecular flexibility index (Phi) is 7.93. The fourth-order valence-corrected chi connectivity index (χ4v) is 4.60. The molecule has 1 fully saturated rings. The lowest BCUT2D eigenvalue weighted by Crippen LogP contribution is -2.37. The van der Waals surface area contributed by atoms with Crippen LogP contribution >= 0.6 is 0 Å². The molecule has 0 aromatic heterocycles. The first kappa shape index (κ1) is 25.3. The molecule has 0 radical (unpaired) electrons. The quantitative estimate of drug-likeness (QED) is 0.425. The number of benzene rings is 3. The molecule has 3 aromatic carbocycles. The third-order valence-corrected chi connectivity index (χ3v) is 6.53. The molecule has 6 nitrogen and oxygen atoms in total. The van der Waals surface area contributed by atoms with Crippen molar-refractivity contribution in [1.82, 2.24) is 5.32 Å². The van der Waals surface area contributed by atoms with Gasteiger partial charge in [-0.15, -0.1) is 0 Å². The van der Waals surface area contributed by atoms with Crippen LogP contribution in [0.2, 0.25) is 0 Å². The second kappa shape index (κ2) is 11.3. The smallest absolute Gasteiger partial charge is 0.347 e. The normalized spacial score (nSPS) is 14.7. The molecule has 0 spiro atoms. The maximum absolute atomic E-state index is 13.3. The van der Waals surface area contributed by atoms with Crippen molar-refractivity contribution in [2.45, 2.75) is 51.2 Å². The van der Waals surface area contributed by atoms with E-state index in [2.05, 4.69) is 28.4 Å². The average Bonchev–Trinajstić information content (AvgIpc) is 2.88. The third-order valence-electron chi connectivity index (χ3n) is 6.53. The molecule has 1 heterocycles. The Morgan fingerprint density at radius 2 is 1.64 bits per heavy atom. The summed E-state index contributed by atoms with van der Waals surface area (Å²) in [5.41, 5.74) is 2.66. The van der Waals surface area contributed by atoms with Gasteiger partial charge in [-0.3, -0.25) is 4.79 Å². The number of carbonyl (C=O) groups is 2. The van der Waals surface area contributed by atoms with Crippen LogP contribution in [0.25, 0.3) is 0 Å². The molecule has 1 unspecified atom stereocenters. The van der Waals surface area contributed by atoms with Crippen molar-refractivity contribution < 1.29 is 19.4 Å². The van der Waals surface area contributed by atoms with Gasteiger partial charge in [-0.1, -0.05) is 60.7 Å². The highest BCUT2D eigenvalue weighted by atomic mass is 16.5. The zero-order valence-corrected chi connectivity index (χ0v) is 20.9. The fourth-order valence-electron chi connectivity index (χ4n) is 4.60. The molecular weight excluding hydrogens is 452 g/mol. The van der Waals surface area contributed by atoms with E-state index in [1.165, 1.54) is 33.1 Å². The Labute approximate surface area is 212 Å². The van der Waals surface area contributed by atoms with Gasteiger partial charge in [0.2, 0.25) is 5.91 Å². The molecular formula is C30H34N2O4. The highest BCUT2D eigenvalue weighted by molar-refractivity contribution is 5.80. The lowest BCUT2D eigenvalue weighted by Gasteiger charge is -2.33. The van der Waals surface area contributed by atoms with Crippen LogP contribution in [0.15, 0.2) is 78.9 Å². The van der Waals surface area contributed by atoms with E-state index in [0.29, 0.717) is 5.75 Å². The van der Waals surface area contributed by atoms with Crippen LogP contribution in [-0.2, 0) is 16.0 Å². The monoisotopic (exact) mass is 486 g/mol. The molecule has 0 bridgehead atoms. The number of nitrogens with one attached hydrogen (secondary N) is 1. The SMILES string of the molecule is CC(C)(Oc1cccc(CC(=O)NC(c2ccccc2)c2ccccc2N2CCCCC2)c1)C(=O)O. The van der Waals surface area contributed by atoms with E-state index in [1.54, 1.807) is 18.2 Å². The molecule has 2 N–H and O–H groups in total. The van der Waals surface area contributed by atoms with Gasteiger partial charge in [-0.25, -0.2) is 4.79 Å². The zero-order valence-electron chi connectivity index (χ0n) is 20.9. The lowest BCUT2D eigenvalue weighted by atomic mass is 9.95. The van der Waals surface area contributed by atoms with Crippen LogP contribution in [0.5, 0.6) is 5.75 Å². The minimum Gasteiger partial charge on any atom is -0.478 e. The van der Waals surface area contributed by atoms with Gasteiger partial charge in [0.25, 0.3) is 0 Å². The van der Waals surface area contributed by atoms with Crippen LogP contribution in [0.4, 0.5) is 5.69 Å². The van der Waals surface area contributed by atoms with Crippen LogP contribution in [0.1, 0.15) is 55.8 Å². The summed E-state index contributed by atoms with van der Waals surface area (Å²) in [6.45, 7) is 5.04. The summed E-state index contributed by atoms with van der Waals surface area (Å²) >= 11 is 0. The summed E-state index contributed by atoms with van der Waals surface area (Å²) in [5, 5.41) is 12.6. The number of anilines is 1. The third kappa shape index (κ3) is 6.25. The largest absolute Gasteiger partial charge is 0.478 e. The summed E-state index contributed by atoms with van der Waals surface area (Å²) < 4.78 is 5.65. The van der Waals surface area contributed by atoms with Crippen LogP contribution < -0.4 is 15.0 Å². The standard InChI is InChI=1S/C30H34N2O4/c1-30(2,29(34)35)36-24-15-11-12-22(20-24)21-27(33)31-28(23-13-5-3-6-14-23)25-16-7-8-17-26(25)32-18-9-4-10-19-32/h3,5-8,11-17,20,28H,4,9-10,18-19,21H2,1-2H3,(H,31,33)(H,34,35). The number of carboxylic acids is 1. The second-order valence-corrected chi connectivity index (χ2v) is 9.76. The van der Waals surface area contributed by atoms with Gasteiger partial charge in [0.15, 0.2) is 5.60 Å². The number of aliphatic carboxylic acids is 1. The molecule has 188 valence electrons. The van der Waals surface area contributed by atoms with Crippen molar-refractivity contribution >= 4 is 17.6 Å². The van der Waals surface area contributed by atoms with E-state index in [4.69, 9.17) is 4.74 Å². The van der Waals surface area contributed by atoms with Crippen molar-refractivity contribution in [3.63, 3.8) is 0 Å². The van der Waals surface area contributed by atoms with Gasteiger partial charge < -0.3 is 20.1 Å². The van der Waals surface area contributed by atoms with Crippen LogP contribution in [0, 0.1) is 0 Å². The van der Waals surface area contributed by atoms with Crippen molar-refractivity contribution in [3.05, 3.63) is 95.6 Å². The van der Waals surface area contributed by atoms with Crippen molar-refractivity contribution in [3.8, 4) is 5.75 Å². The summed E-state index contributed by atoms with van der Waals surface area (Å²) in [4.78, 5) is 27.2. The first-order valence-electron chi connectivity index (χ1n) is 12.5. The number of hydrogen-bond acceptors (Lipinski definition) is 4. The van der Waals surface area contributed by atoms with Crippen molar-refractivity contribution in [2.24, 2.45) is 0 Å². The number of rotatable bonds is 9. The Balaban J connectivity index is 1.57. The van der Waals surface area contributed by atoms with E-state index in [1.807, 2.05) is 42.5 Å². The zero-order chi connectivity index (χ0) is 25.5. The Morgan fingerprint density at radius 3 is 2.36 bits per heavy atom. The maximum atomic E-state index is 13.3. The minimum absolute atomic E-state index is 0.119. The highest BCUT2D eigenvalue weighted by Gasteiger charge is 2.29. The Bertz CT molecular complexity index is 1190. The molecule has 6 heteroatoms. The number of piperidine rings is 1. The van der Waals surface area contributed by atoms with E-state index in [0.717, 1.165) is 35.5 Å². The van der Waals surface area contributed by atoms with Crippen molar-refractivity contribution in [2.75, 3.05) is 18.0 Å². The van der Waals surface area contributed by atoms with E-state index >= 15 is 0 Å². The highest BCUT2D eigenvalue weighted by Crippen LogP contribution is 2.32. The number of ether oxygens (including phenoxy) is 1. The molecule has 36 heavy (non-hydrogen) atoms. The average molecular weight is 487 g/mol. The lowest BCUT2D eigenvalue weighted by molar-refractivity contribution is -0.152. The van der Waals surface area contributed by atoms with Crippen LogP contribution in [-0.4, -0.2) is 35.7 Å². The van der Waals surface area contributed by atoms with E-state index in [9.17, 15) is 14.7 Å². The predicted molar refractivity (Wildman–Crippen MR) is 141 cm³/mol. The Hall–Kier alpha value is -3.80. The number of carboxylic acid groups (broad SMARTS) is 1. The molecule has 4 rings (SSSR count).